The number of carbonyl (C=O) groups excluding carboxylic acids is 1. The Morgan fingerprint density at radius 3 is 3.00 bits per heavy atom. The van der Waals surface area contributed by atoms with Gasteiger partial charge < -0.3 is 5.32 Å². The minimum Gasteiger partial charge on any atom is -0.307 e. The third-order valence-corrected chi connectivity index (χ3v) is 2.54. The molecular weight excluding hydrogens is 174 g/mol. The average molecular weight is 181 g/mol. The molecule has 5 heteroatoms. The number of hydrogen-bond acceptors (Lipinski definition) is 3. The first kappa shape index (κ1) is 7.30. The minimum absolute atomic E-state index is 0.266. The number of thiazole rings is 1. The molecule has 0 atom stereocenters. The van der Waals surface area contributed by atoms with E-state index in [0.717, 1.165) is 9.88 Å². The molecule has 1 aromatic heterocycles. The van der Waals surface area contributed by atoms with Crippen LogP contribution in [-0.4, -0.2) is 11.0 Å². The number of rotatable bonds is 0. The second kappa shape index (κ2) is 2.31. The van der Waals surface area contributed by atoms with Gasteiger partial charge in [-0.1, -0.05) is 6.58 Å². The van der Waals surface area contributed by atoms with Crippen LogP contribution in [0.5, 0.6) is 0 Å². The molecule has 0 spiro atoms. The van der Waals surface area contributed by atoms with E-state index in [9.17, 15) is 4.79 Å². The van der Waals surface area contributed by atoms with Gasteiger partial charge in [-0.05, 0) is 6.92 Å². The molecule has 12 heavy (non-hydrogen) atoms. The standard InChI is InChI=1S/C7H7N3OS/c1-3-5-6(9-4(2)12-5)10-7(11)8-3/h1H2,2H3,(H2,8,10,11). The van der Waals surface area contributed by atoms with Crippen molar-refractivity contribution in [2.75, 3.05) is 5.32 Å². The Labute approximate surface area is 73.3 Å². The summed E-state index contributed by atoms with van der Waals surface area (Å²) in [4.78, 5) is 16.0. The van der Waals surface area contributed by atoms with Gasteiger partial charge in [0, 0.05) is 0 Å². The number of carbonyl (C=O) groups is 1. The van der Waals surface area contributed by atoms with Crippen molar-refractivity contribution in [1.29, 1.82) is 0 Å². The van der Waals surface area contributed by atoms with Crippen molar-refractivity contribution >= 4 is 28.9 Å². The molecule has 0 saturated heterocycles. The van der Waals surface area contributed by atoms with Crippen molar-refractivity contribution < 1.29 is 4.79 Å². The molecule has 1 aromatic rings. The second-order valence-electron chi connectivity index (χ2n) is 2.47. The van der Waals surface area contributed by atoms with Gasteiger partial charge in [0.25, 0.3) is 0 Å². The molecule has 2 rings (SSSR count). The lowest BCUT2D eigenvalue weighted by atomic mass is 10.3. The van der Waals surface area contributed by atoms with Gasteiger partial charge >= 0.3 is 6.03 Å². The first-order valence-electron chi connectivity index (χ1n) is 3.41. The number of fused-ring (bicyclic) bond motifs is 1. The Bertz CT molecular complexity index is 369. The third-order valence-electron chi connectivity index (χ3n) is 1.50. The molecule has 4 nitrogen and oxygen atoms in total. The summed E-state index contributed by atoms with van der Waals surface area (Å²) in [7, 11) is 0. The van der Waals surface area contributed by atoms with E-state index >= 15 is 0 Å². The van der Waals surface area contributed by atoms with Crippen LogP contribution >= 0.6 is 11.3 Å². The number of amides is 2. The molecule has 1 aliphatic rings. The zero-order chi connectivity index (χ0) is 8.72. The molecule has 2 N–H and O–H groups in total. The van der Waals surface area contributed by atoms with Gasteiger partial charge in [0.05, 0.1) is 15.6 Å². The highest BCUT2D eigenvalue weighted by molar-refractivity contribution is 7.13. The van der Waals surface area contributed by atoms with Gasteiger partial charge in [-0.3, -0.25) is 5.32 Å². The van der Waals surface area contributed by atoms with E-state index < -0.39 is 0 Å². The molecule has 1 aliphatic heterocycles. The van der Waals surface area contributed by atoms with Crippen molar-refractivity contribution in [1.82, 2.24) is 10.3 Å². The van der Waals surface area contributed by atoms with E-state index in [4.69, 9.17) is 0 Å². The molecule has 62 valence electrons. The number of urea groups is 1. The molecule has 0 aliphatic carbocycles. The Morgan fingerprint density at radius 2 is 2.25 bits per heavy atom. The number of anilines is 1. The maximum absolute atomic E-state index is 10.9. The second-order valence-corrected chi connectivity index (χ2v) is 3.67. The molecule has 0 saturated carbocycles. The maximum Gasteiger partial charge on any atom is 0.324 e. The summed E-state index contributed by atoms with van der Waals surface area (Å²) in [5.41, 5.74) is 0.624. The zero-order valence-electron chi connectivity index (χ0n) is 6.47. The summed E-state index contributed by atoms with van der Waals surface area (Å²) < 4.78 is 0. The molecule has 0 fully saturated rings. The largest absolute Gasteiger partial charge is 0.324 e. The molecule has 0 unspecified atom stereocenters. The number of hydrogen-bond donors (Lipinski definition) is 2. The molecule has 0 aromatic carbocycles. The maximum atomic E-state index is 10.9. The monoisotopic (exact) mass is 181 g/mol. The van der Waals surface area contributed by atoms with Crippen molar-refractivity contribution in [3.8, 4) is 0 Å². The summed E-state index contributed by atoms with van der Waals surface area (Å²) in [6.45, 7) is 5.61. The van der Waals surface area contributed by atoms with Gasteiger partial charge in [-0.25, -0.2) is 9.78 Å². The SMILES string of the molecule is C=C1NC(=O)Nc2nc(C)sc21. The van der Waals surface area contributed by atoms with Gasteiger partial charge in [-0.15, -0.1) is 11.3 Å². The van der Waals surface area contributed by atoms with Crippen LogP contribution in [0.15, 0.2) is 6.58 Å². The molecular formula is C7H7N3OS. The van der Waals surface area contributed by atoms with Crippen LogP contribution in [-0.2, 0) is 0 Å². The first-order valence-corrected chi connectivity index (χ1v) is 4.23. The zero-order valence-corrected chi connectivity index (χ0v) is 7.29. The van der Waals surface area contributed by atoms with Gasteiger partial charge in [0.1, 0.15) is 0 Å². The molecule has 0 radical (unpaired) electrons. The Hall–Kier alpha value is -1.36. The lowest BCUT2D eigenvalue weighted by Gasteiger charge is -2.14. The van der Waals surface area contributed by atoms with Crippen LogP contribution in [0.25, 0.3) is 5.70 Å². The highest BCUT2D eigenvalue weighted by Gasteiger charge is 2.20. The smallest absolute Gasteiger partial charge is 0.307 e. The van der Waals surface area contributed by atoms with E-state index in [0.29, 0.717) is 11.5 Å². The van der Waals surface area contributed by atoms with Crippen LogP contribution in [0, 0.1) is 6.92 Å². The van der Waals surface area contributed by atoms with Gasteiger partial charge in [-0.2, -0.15) is 0 Å². The quantitative estimate of drug-likeness (QED) is 0.638. The lowest BCUT2D eigenvalue weighted by Crippen LogP contribution is -2.31. The molecule has 2 heterocycles. The van der Waals surface area contributed by atoms with Gasteiger partial charge in [0.15, 0.2) is 5.82 Å². The highest BCUT2D eigenvalue weighted by Crippen LogP contribution is 2.29. The van der Waals surface area contributed by atoms with Crippen molar-refractivity contribution in [2.45, 2.75) is 6.92 Å². The average Bonchev–Trinajstić information content (AvgIpc) is 2.29. The summed E-state index contributed by atoms with van der Waals surface area (Å²) in [6.07, 6.45) is 0. The number of nitrogens with one attached hydrogen (secondary N) is 2. The predicted octanol–water partition coefficient (Wildman–Crippen LogP) is 1.56. The summed E-state index contributed by atoms with van der Waals surface area (Å²) in [5, 5.41) is 6.10. The van der Waals surface area contributed by atoms with Crippen molar-refractivity contribution in [2.24, 2.45) is 0 Å². The Kier molecular flexibility index (Phi) is 1.41. The predicted molar refractivity (Wildman–Crippen MR) is 48.0 cm³/mol. The van der Waals surface area contributed by atoms with Crippen LogP contribution in [0.4, 0.5) is 10.6 Å². The molecule has 2 amide bonds. The lowest BCUT2D eigenvalue weighted by molar-refractivity contribution is 0.255. The minimum atomic E-state index is -0.266. The van der Waals surface area contributed by atoms with Crippen molar-refractivity contribution in [3.63, 3.8) is 0 Å². The number of aryl methyl sites for hydroxylation is 1. The number of aromatic nitrogens is 1. The highest BCUT2D eigenvalue weighted by atomic mass is 32.1. The fraction of sp³-hybridized carbons (Fsp3) is 0.143. The molecule has 0 bridgehead atoms. The van der Waals surface area contributed by atoms with Crippen LogP contribution in [0.2, 0.25) is 0 Å². The van der Waals surface area contributed by atoms with E-state index in [-0.39, 0.29) is 6.03 Å². The van der Waals surface area contributed by atoms with E-state index in [1.807, 2.05) is 6.92 Å². The fourth-order valence-corrected chi connectivity index (χ4v) is 1.85. The van der Waals surface area contributed by atoms with Crippen LogP contribution in [0.1, 0.15) is 9.88 Å². The van der Waals surface area contributed by atoms with E-state index in [1.54, 1.807) is 0 Å². The van der Waals surface area contributed by atoms with Crippen LogP contribution < -0.4 is 10.6 Å². The summed E-state index contributed by atoms with van der Waals surface area (Å²) in [5.74, 6) is 0.617. The Morgan fingerprint density at radius 1 is 1.50 bits per heavy atom. The van der Waals surface area contributed by atoms with Crippen molar-refractivity contribution in [3.05, 3.63) is 16.5 Å². The van der Waals surface area contributed by atoms with Crippen LogP contribution in [0.3, 0.4) is 0 Å². The first-order chi connectivity index (χ1) is 5.66. The topological polar surface area (TPSA) is 54.0 Å². The van der Waals surface area contributed by atoms with E-state index in [1.165, 1.54) is 11.3 Å². The van der Waals surface area contributed by atoms with E-state index in [2.05, 4.69) is 22.2 Å². The fourth-order valence-electron chi connectivity index (χ4n) is 1.05. The normalized spacial score (nSPS) is 15.1. The summed E-state index contributed by atoms with van der Waals surface area (Å²) >= 11 is 1.51. The third kappa shape index (κ3) is 0.984. The Balaban J connectivity index is 2.53. The number of nitrogens with zero attached hydrogens (tertiary/aromatic N) is 1. The van der Waals surface area contributed by atoms with Gasteiger partial charge in [0.2, 0.25) is 0 Å². The summed E-state index contributed by atoms with van der Waals surface area (Å²) in [6, 6.07) is -0.266.